The number of urea groups is 1. The van der Waals surface area contributed by atoms with Crippen molar-refractivity contribution in [3.8, 4) is 0 Å². The van der Waals surface area contributed by atoms with Gasteiger partial charge in [0.05, 0.1) is 6.04 Å². The standard InChI is InChI=1S/C13H17F2N3O/c1-8(6-16)18-7-12(17(2)13(18)19)9-3-4-10(14)11(15)5-9/h3-5,8,12H,6-7,16H2,1-2H3. The van der Waals surface area contributed by atoms with Crippen LogP contribution >= 0.6 is 0 Å². The maximum Gasteiger partial charge on any atom is 0.320 e. The first-order chi connectivity index (χ1) is 8.95. The fourth-order valence-corrected chi connectivity index (χ4v) is 2.27. The molecule has 2 rings (SSSR count). The van der Waals surface area contributed by atoms with Gasteiger partial charge in [-0.25, -0.2) is 13.6 Å². The number of hydrogen-bond donors (Lipinski definition) is 1. The van der Waals surface area contributed by atoms with Crippen molar-refractivity contribution in [1.82, 2.24) is 9.80 Å². The molecule has 2 unspecified atom stereocenters. The molecule has 19 heavy (non-hydrogen) atoms. The minimum atomic E-state index is -0.899. The second-order valence-corrected chi connectivity index (χ2v) is 4.82. The molecular weight excluding hydrogens is 252 g/mol. The molecular formula is C13H17F2N3O. The summed E-state index contributed by atoms with van der Waals surface area (Å²) in [6, 6.07) is 3.22. The normalized spacial score (nSPS) is 21.1. The van der Waals surface area contributed by atoms with Crippen LogP contribution in [-0.4, -0.2) is 42.0 Å². The van der Waals surface area contributed by atoms with E-state index >= 15 is 0 Å². The van der Waals surface area contributed by atoms with Crippen LogP contribution in [0.15, 0.2) is 18.2 Å². The van der Waals surface area contributed by atoms with Crippen molar-refractivity contribution >= 4 is 6.03 Å². The van der Waals surface area contributed by atoms with Crippen LogP contribution in [0.4, 0.5) is 13.6 Å². The highest BCUT2D eigenvalue weighted by Gasteiger charge is 2.37. The smallest absolute Gasteiger partial charge is 0.320 e. The summed E-state index contributed by atoms with van der Waals surface area (Å²) in [6.45, 7) is 2.65. The van der Waals surface area contributed by atoms with E-state index in [0.29, 0.717) is 18.7 Å². The number of carbonyl (C=O) groups excluding carboxylic acids is 1. The lowest BCUT2D eigenvalue weighted by atomic mass is 10.1. The molecule has 1 heterocycles. The number of hydrogen-bond acceptors (Lipinski definition) is 2. The molecule has 1 aromatic rings. The quantitative estimate of drug-likeness (QED) is 0.908. The van der Waals surface area contributed by atoms with Crippen molar-refractivity contribution in [3.63, 3.8) is 0 Å². The van der Waals surface area contributed by atoms with Crippen LogP contribution in [0.5, 0.6) is 0 Å². The number of nitrogens with two attached hydrogens (primary N) is 1. The lowest BCUT2D eigenvalue weighted by Gasteiger charge is -2.21. The summed E-state index contributed by atoms with van der Waals surface area (Å²) < 4.78 is 26.2. The van der Waals surface area contributed by atoms with Gasteiger partial charge in [0.15, 0.2) is 11.6 Å². The van der Waals surface area contributed by atoms with Gasteiger partial charge in [-0.2, -0.15) is 0 Å². The molecule has 1 fully saturated rings. The van der Waals surface area contributed by atoms with E-state index in [4.69, 9.17) is 5.73 Å². The predicted octanol–water partition coefficient (Wildman–Crippen LogP) is 1.72. The molecule has 6 heteroatoms. The van der Waals surface area contributed by atoms with Crippen molar-refractivity contribution in [2.24, 2.45) is 5.73 Å². The largest absolute Gasteiger partial charge is 0.328 e. The van der Waals surface area contributed by atoms with Crippen molar-refractivity contribution in [2.45, 2.75) is 19.0 Å². The van der Waals surface area contributed by atoms with Crippen molar-refractivity contribution in [2.75, 3.05) is 20.1 Å². The maximum absolute atomic E-state index is 13.3. The van der Waals surface area contributed by atoms with Gasteiger partial charge in [-0.05, 0) is 24.6 Å². The summed E-state index contributed by atoms with van der Waals surface area (Å²) in [5.41, 5.74) is 6.15. The molecule has 4 nitrogen and oxygen atoms in total. The summed E-state index contributed by atoms with van der Waals surface area (Å²) in [5, 5.41) is 0. The second-order valence-electron chi connectivity index (χ2n) is 4.82. The Morgan fingerprint density at radius 2 is 2.11 bits per heavy atom. The third kappa shape index (κ3) is 2.40. The highest BCUT2D eigenvalue weighted by molar-refractivity contribution is 5.77. The maximum atomic E-state index is 13.3. The molecule has 0 aliphatic carbocycles. The average molecular weight is 269 g/mol. The van der Waals surface area contributed by atoms with Crippen LogP contribution in [0.3, 0.4) is 0 Å². The Hall–Kier alpha value is -1.69. The first-order valence-corrected chi connectivity index (χ1v) is 6.14. The monoisotopic (exact) mass is 269 g/mol. The van der Waals surface area contributed by atoms with Gasteiger partial charge in [0, 0.05) is 26.2 Å². The van der Waals surface area contributed by atoms with Crippen molar-refractivity contribution in [3.05, 3.63) is 35.4 Å². The predicted molar refractivity (Wildman–Crippen MR) is 67.5 cm³/mol. The Kier molecular flexibility index (Phi) is 3.71. The van der Waals surface area contributed by atoms with Gasteiger partial charge in [0.1, 0.15) is 0 Å². The molecule has 2 N–H and O–H groups in total. The highest BCUT2D eigenvalue weighted by Crippen LogP contribution is 2.29. The Balaban J connectivity index is 2.26. The SMILES string of the molecule is CC(CN)N1CC(c2ccc(F)c(F)c2)N(C)C1=O. The first-order valence-electron chi connectivity index (χ1n) is 6.14. The van der Waals surface area contributed by atoms with E-state index in [-0.39, 0.29) is 18.1 Å². The van der Waals surface area contributed by atoms with Crippen LogP contribution in [0, 0.1) is 11.6 Å². The number of halogens is 2. The van der Waals surface area contributed by atoms with E-state index in [1.807, 2.05) is 6.92 Å². The van der Waals surface area contributed by atoms with E-state index in [0.717, 1.165) is 12.1 Å². The second kappa shape index (κ2) is 5.13. The molecule has 1 aromatic carbocycles. The van der Waals surface area contributed by atoms with E-state index in [1.54, 1.807) is 11.9 Å². The molecule has 0 aromatic heterocycles. The molecule has 1 aliphatic rings. The zero-order chi connectivity index (χ0) is 14.2. The summed E-state index contributed by atoms with van der Waals surface area (Å²) in [4.78, 5) is 15.2. The van der Waals surface area contributed by atoms with Crippen LogP contribution in [0.2, 0.25) is 0 Å². The highest BCUT2D eigenvalue weighted by atomic mass is 19.2. The van der Waals surface area contributed by atoms with E-state index in [1.165, 1.54) is 11.0 Å². The van der Waals surface area contributed by atoms with Gasteiger partial charge >= 0.3 is 6.03 Å². The van der Waals surface area contributed by atoms with Crippen LogP contribution < -0.4 is 5.73 Å². The zero-order valence-electron chi connectivity index (χ0n) is 10.9. The van der Waals surface area contributed by atoms with Crippen molar-refractivity contribution in [1.29, 1.82) is 0 Å². The third-order valence-corrected chi connectivity index (χ3v) is 3.59. The molecule has 0 bridgehead atoms. The summed E-state index contributed by atoms with van der Waals surface area (Å²) >= 11 is 0. The van der Waals surface area contributed by atoms with E-state index < -0.39 is 11.6 Å². The number of carbonyl (C=O) groups is 1. The van der Waals surface area contributed by atoms with Gasteiger partial charge in [-0.15, -0.1) is 0 Å². The van der Waals surface area contributed by atoms with Crippen LogP contribution in [0.25, 0.3) is 0 Å². The first kappa shape index (κ1) is 13.7. The third-order valence-electron chi connectivity index (χ3n) is 3.59. The van der Waals surface area contributed by atoms with Gasteiger partial charge in [-0.3, -0.25) is 0 Å². The van der Waals surface area contributed by atoms with Gasteiger partial charge in [-0.1, -0.05) is 6.07 Å². The molecule has 1 aliphatic heterocycles. The van der Waals surface area contributed by atoms with Crippen LogP contribution in [-0.2, 0) is 0 Å². The number of rotatable bonds is 3. The Morgan fingerprint density at radius 3 is 2.68 bits per heavy atom. The summed E-state index contributed by atoms with van der Waals surface area (Å²) in [6.07, 6.45) is 0. The fourth-order valence-electron chi connectivity index (χ4n) is 2.27. The molecule has 1 saturated heterocycles. The number of amides is 2. The van der Waals surface area contributed by atoms with Gasteiger partial charge in [0.25, 0.3) is 0 Å². The summed E-state index contributed by atoms with van der Waals surface area (Å²) in [5.74, 6) is -1.79. The minimum absolute atomic E-state index is 0.0785. The van der Waals surface area contributed by atoms with Crippen LogP contribution in [0.1, 0.15) is 18.5 Å². The molecule has 2 atom stereocenters. The number of likely N-dealkylation sites (N-methyl/N-ethyl adjacent to an activating group) is 1. The van der Waals surface area contributed by atoms with Gasteiger partial charge < -0.3 is 15.5 Å². The topological polar surface area (TPSA) is 49.6 Å². The lowest BCUT2D eigenvalue weighted by molar-refractivity contribution is 0.185. The Bertz CT molecular complexity index is 495. The molecule has 2 amide bonds. The Morgan fingerprint density at radius 1 is 1.42 bits per heavy atom. The zero-order valence-corrected chi connectivity index (χ0v) is 10.9. The van der Waals surface area contributed by atoms with E-state index in [9.17, 15) is 13.6 Å². The molecule has 104 valence electrons. The molecule has 0 saturated carbocycles. The molecule has 0 spiro atoms. The summed E-state index contributed by atoms with van der Waals surface area (Å²) in [7, 11) is 1.65. The van der Waals surface area contributed by atoms with E-state index in [2.05, 4.69) is 0 Å². The Labute approximate surface area is 110 Å². The number of nitrogens with zero attached hydrogens (tertiary/aromatic N) is 2. The fraction of sp³-hybridized carbons (Fsp3) is 0.462. The lowest BCUT2D eigenvalue weighted by Crippen LogP contribution is -2.40. The minimum Gasteiger partial charge on any atom is -0.328 e. The van der Waals surface area contributed by atoms with Crippen molar-refractivity contribution < 1.29 is 13.6 Å². The molecule has 0 radical (unpaired) electrons. The number of benzene rings is 1. The van der Waals surface area contributed by atoms with Gasteiger partial charge in [0.2, 0.25) is 0 Å². The average Bonchev–Trinajstić information content (AvgIpc) is 2.69.